The summed E-state index contributed by atoms with van der Waals surface area (Å²) >= 11 is 0. The number of benzene rings is 1. The average molecular weight is 336 g/mol. The SMILES string of the molecule is Cc1ccc(CNC[C@@H]2C[C@@H]2C(=O)O)c(-c2cnn(C)c2)c1.Cl. The van der Waals surface area contributed by atoms with E-state index < -0.39 is 5.97 Å². The van der Waals surface area contributed by atoms with Gasteiger partial charge in [-0.1, -0.05) is 23.8 Å². The molecule has 1 aromatic heterocycles. The van der Waals surface area contributed by atoms with Crippen molar-refractivity contribution in [2.45, 2.75) is 19.9 Å². The highest BCUT2D eigenvalue weighted by Gasteiger charge is 2.42. The van der Waals surface area contributed by atoms with E-state index in [4.69, 9.17) is 5.11 Å². The van der Waals surface area contributed by atoms with E-state index in [-0.39, 0.29) is 24.2 Å². The number of halogens is 1. The molecule has 124 valence electrons. The Hall–Kier alpha value is -1.85. The average Bonchev–Trinajstić information content (AvgIpc) is 3.13. The molecule has 2 atom stereocenters. The Kier molecular flexibility index (Phi) is 5.44. The maximum absolute atomic E-state index is 10.8. The lowest BCUT2D eigenvalue weighted by Gasteiger charge is -2.10. The fraction of sp³-hybridized carbons (Fsp3) is 0.412. The first-order valence-corrected chi connectivity index (χ1v) is 7.56. The third kappa shape index (κ3) is 4.12. The summed E-state index contributed by atoms with van der Waals surface area (Å²) in [4.78, 5) is 10.8. The molecule has 1 aliphatic carbocycles. The first kappa shape index (κ1) is 17.5. The smallest absolute Gasteiger partial charge is 0.306 e. The summed E-state index contributed by atoms with van der Waals surface area (Å²) in [5.41, 5.74) is 4.73. The summed E-state index contributed by atoms with van der Waals surface area (Å²) in [6.45, 7) is 3.59. The molecule has 1 aliphatic rings. The zero-order chi connectivity index (χ0) is 15.7. The number of carboxylic acids is 1. The number of carbonyl (C=O) groups is 1. The summed E-state index contributed by atoms with van der Waals surface area (Å²) in [5.74, 6) is -0.536. The zero-order valence-corrected chi connectivity index (χ0v) is 14.1. The van der Waals surface area contributed by atoms with Gasteiger partial charge in [0.1, 0.15) is 0 Å². The molecule has 0 radical (unpaired) electrons. The Morgan fingerprint density at radius 1 is 1.48 bits per heavy atom. The Bertz CT molecular complexity index is 699. The van der Waals surface area contributed by atoms with Gasteiger partial charge < -0.3 is 10.4 Å². The molecule has 1 aromatic carbocycles. The van der Waals surface area contributed by atoms with Gasteiger partial charge in [0.2, 0.25) is 0 Å². The van der Waals surface area contributed by atoms with Crippen molar-refractivity contribution in [1.82, 2.24) is 15.1 Å². The summed E-state index contributed by atoms with van der Waals surface area (Å²) in [5, 5.41) is 16.6. The number of aryl methyl sites for hydroxylation is 2. The molecule has 1 saturated carbocycles. The van der Waals surface area contributed by atoms with E-state index in [0.717, 1.165) is 25.1 Å². The normalized spacial score (nSPS) is 19.2. The number of hydrogen-bond donors (Lipinski definition) is 2. The largest absolute Gasteiger partial charge is 0.481 e. The van der Waals surface area contributed by atoms with Crippen LogP contribution in [0.5, 0.6) is 0 Å². The van der Waals surface area contributed by atoms with Gasteiger partial charge in [0.05, 0.1) is 12.1 Å². The summed E-state index contributed by atoms with van der Waals surface area (Å²) < 4.78 is 1.80. The maximum atomic E-state index is 10.8. The minimum atomic E-state index is -0.668. The topological polar surface area (TPSA) is 67.2 Å². The molecular formula is C17H22ClN3O2. The van der Waals surface area contributed by atoms with E-state index in [1.807, 2.05) is 19.4 Å². The van der Waals surface area contributed by atoms with Gasteiger partial charge in [0, 0.05) is 25.4 Å². The number of rotatable bonds is 6. The van der Waals surface area contributed by atoms with Crippen molar-refractivity contribution in [2.24, 2.45) is 18.9 Å². The molecule has 23 heavy (non-hydrogen) atoms. The van der Waals surface area contributed by atoms with E-state index >= 15 is 0 Å². The lowest BCUT2D eigenvalue weighted by Crippen LogP contribution is -2.18. The van der Waals surface area contributed by atoms with Crippen LogP contribution >= 0.6 is 12.4 Å². The molecule has 1 fully saturated rings. The number of hydrogen-bond acceptors (Lipinski definition) is 3. The number of aliphatic carboxylic acids is 1. The highest BCUT2D eigenvalue weighted by Crippen LogP contribution is 2.38. The summed E-state index contributed by atoms with van der Waals surface area (Å²) in [6, 6.07) is 6.41. The first-order valence-electron chi connectivity index (χ1n) is 7.56. The van der Waals surface area contributed by atoms with Crippen LogP contribution in [0.3, 0.4) is 0 Å². The number of nitrogens with one attached hydrogen (secondary N) is 1. The highest BCUT2D eigenvalue weighted by atomic mass is 35.5. The second-order valence-electron chi connectivity index (χ2n) is 6.13. The lowest BCUT2D eigenvalue weighted by atomic mass is 10.00. The van der Waals surface area contributed by atoms with Crippen molar-refractivity contribution in [1.29, 1.82) is 0 Å². The molecular weight excluding hydrogens is 314 g/mol. The minimum Gasteiger partial charge on any atom is -0.481 e. The lowest BCUT2D eigenvalue weighted by molar-refractivity contribution is -0.138. The molecule has 2 aromatic rings. The molecule has 3 rings (SSSR count). The van der Waals surface area contributed by atoms with Crippen LogP contribution in [-0.4, -0.2) is 27.4 Å². The number of carboxylic acid groups (broad SMARTS) is 1. The van der Waals surface area contributed by atoms with Crippen molar-refractivity contribution in [3.05, 3.63) is 41.7 Å². The minimum absolute atomic E-state index is 0. The van der Waals surface area contributed by atoms with E-state index in [0.29, 0.717) is 0 Å². The van der Waals surface area contributed by atoms with Crippen LogP contribution in [0.1, 0.15) is 17.5 Å². The first-order chi connectivity index (χ1) is 10.5. The molecule has 5 nitrogen and oxygen atoms in total. The van der Waals surface area contributed by atoms with E-state index in [1.165, 1.54) is 16.7 Å². The quantitative estimate of drug-likeness (QED) is 0.851. The van der Waals surface area contributed by atoms with Crippen LogP contribution in [0.4, 0.5) is 0 Å². The molecule has 6 heteroatoms. The number of aromatic nitrogens is 2. The highest BCUT2D eigenvalue weighted by molar-refractivity contribution is 5.85. The Balaban J connectivity index is 0.00000192. The molecule has 1 heterocycles. The van der Waals surface area contributed by atoms with Crippen LogP contribution < -0.4 is 5.32 Å². The molecule has 0 spiro atoms. The Labute approximate surface area is 142 Å². The predicted octanol–water partition coefficient (Wildman–Crippen LogP) is 2.63. The van der Waals surface area contributed by atoms with Gasteiger partial charge in [-0.2, -0.15) is 5.10 Å². The molecule has 0 amide bonds. The third-order valence-electron chi connectivity index (χ3n) is 4.24. The van der Waals surface area contributed by atoms with Crippen LogP contribution in [0.25, 0.3) is 11.1 Å². The predicted molar refractivity (Wildman–Crippen MR) is 91.6 cm³/mol. The third-order valence-corrected chi connectivity index (χ3v) is 4.24. The van der Waals surface area contributed by atoms with Gasteiger partial charge in [-0.15, -0.1) is 12.4 Å². The molecule has 0 bridgehead atoms. The van der Waals surface area contributed by atoms with Crippen LogP contribution in [0.15, 0.2) is 30.6 Å². The zero-order valence-electron chi connectivity index (χ0n) is 13.3. The van der Waals surface area contributed by atoms with Crippen molar-refractivity contribution < 1.29 is 9.90 Å². The van der Waals surface area contributed by atoms with Crippen LogP contribution in [0.2, 0.25) is 0 Å². The van der Waals surface area contributed by atoms with E-state index in [2.05, 4.69) is 35.5 Å². The summed E-state index contributed by atoms with van der Waals surface area (Å²) in [6.07, 6.45) is 4.69. The monoisotopic (exact) mass is 335 g/mol. The fourth-order valence-corrected chi connectivity index (χ4v) is 2.84. The maximum Gasteiger partial charge on any atom is 0.306 e. The van der Waals surface area contributed by atoms with Gasteiger partial charge in [-0.3, -0.25) is 9.48 Å². The summed E-state index contributed by atoms with van der Waals surface area (Å²) in [7, 11) is 1.91. The van der Waals surface area contributed by atoms with E-state index in [1.54, 1.807) is 4.68 Å². The van der Waals surface area contributed by atoms with Gasteiger partial charge in [-0.05, 0) is 36.9 Å². The van der Waals surface area contributed by atoms with Crippen molar-refractivity contribution >= 4 is 18.4 Å². The molecule has 0 aliphatic heterocycles. The molecule has 0 unspecified atom stereocenters. The second-order valence-corrected chi connectivity index (χ2v) is 6.13. The Morgan fingerprint density at radius 3 is 2.87 bits per heavy atom. The van der Waals surface area contributed by atoms with Crippen LogP contribution in [0, 0.1) is 18.8 Å². The van der Waals surface area contributed by atoms with Gasteiger partial charge in [-0.25, -0.2) is 0 Å². The number of nitrogens with zero attached hydrogens (tertiary/aromatic N) is 2. The Morgan fingerprint density at radius 2 is 2.26 bits per heavy atom. The van der Waals surface area contributed by atoms with Gasteiger partial charge in [0.15, 0.2) is 0 Å². The van der Waals surface area contributed by atoms with Gasteiger partial charge in [0.25, 0.3) is 0 Å². The van der Waals surface area contributed by atoms with Gasteiger partial charge >= 0.3 is 5.97 Å². The second kappa shape index (κ2) is 7.15. The standard InChI is InChI=1S/C17H21N3O2.ClH/c1-11-3-4-12(7-18-8-13-6-16(13)17(21)22)15(5-11)14-9-19-20(2)10-14;/h3-5,9-10,13,16,18H,6-8H2,1-2H3,(H,21,22);1H/t13-,16-;/m0./s1. The van der Waals surface area contributed by atoms with Crippen molar-refractivity contribution in [3.8, 4) is 11.1 Å². The van der Waals surface area contributed by atoms with Crippen molar-refractivity contribution in [3.63, 3.8) is 0 Å². The van der Waals surface area contributed by atoms with Crippen LogP contribution in [-0.2, 0) is 18.4 Å². The molecule has 2 N–H and O–H groups in total. The van der Waals surface area contributed by atoms with E-state index in [9.17, 15) is 4.79 Å². The molecule has 0 saturated heterocycles. The van der Waals surface area contributed by atoms with Crippen molar-refractivity contribution in [2.75, 3.05) is 6.54 Å². The fourth-order valence-electron chi connectivity index (χ4n) is 2.84.